The number of nitrogens with zero attached hydrogens (tertiary/aromatic N) is 1. The van der Waals surface area contributed by atoms with Gasteiger partial charge in [0.25, 0.3) is 5.91 Å². The molecule has 20 heavy (non-hydrogen) atoms. The van der Waals surface area contributed by atoms with Gasteiger partial charge in [0.2, 0.25) is 0 Å². The van der Waals surface area contributed by atoms with Gasteiger partial charge in [-0.05, 0) is 34.1 Å². The van der Waals surface area contributed by atoms with Crippen molar-refractivity contribution in [1.29, 1.82) is 0 Å². The van der Waals surface area contributed by atoms with Crippen molar-refractivity contribution in [2.75, 3.05) is 10.7 Å². The predicted molar refractivity (Wildman–Crippen MR) is 74.1 cm³/mol. The van der Waals surface area contributed by atoms with Crippen LogP contribution in [0.3, 0.4) is 0 Å². The van der Waals surface area contributed by atoms with Crippen molar-refractivity contribution >= 4 is 33.3 Å². The van der Waals surface area contributed by atoms with Gasteiger partial charge in [-0.3, -0.25) is 4.79 Å². The highest BCUT2D eigenvalue weighted by Crippen LogP contribution is 2.24. The summed E-state index contributed by atoms with van der Waals surface area (Å²) in [7, 11) is 0. The Kier molecular flexibility index (Phi) is 4.26. The van der Waals surface area contributed by atoms with Gasteiger partial charge in [-0.15, -0.1) is 0 Å². The molecule has 0 radical (unpaired) electrons. The van der Waals surface area contributed by atoms with Crippen molar-refractivity contribution in [2.24, 2.45) is 5.84 Å². The Morgan fingerprint density at radius 2 is 2.00 bits per heavy atom. The molecule has 1 aromatic carbocycles. The van der Waals surface area contributed by atoms with Crippen LogP contribution in [-0.2, 0) is 0 Å². The number of rotatable bonds is 3. The van der Waals surface area contributed by atoms with Crippen molar-refractivity contribution in [3.63, 3.8) is 0 Å². The normalized spacial score (nSPS) is 10.2. The number of hydrogen-bond acceptors (Lipinski definition) is 4. The van der Waals surface area contributed by atoms with Crippen LogP contribution < -0.4 is 16.6 Å². The first-order chi connectivity index (χ1) is 9.51. The number of amides is 1. The fourth-order valence-corrected chi connectivity index (χ4v) is 1.77. The van der Waals surface area contributed by atoms with Crippen LogP contribution >= 0.6 is 15.9 Å². The zero-order valence-electron chi connectivity index (χ0n) is 9.95. The van der Waals surface area contributed by atoms with Crippen LogP contribution in [0.1, 0.15) is 10.4 Å². The number of hydrogen-bond donors (Lipinski definition) is 3. The lowest BCUT2D eigenvalue weighted by atomic mass is 10.2. The molecule has 0 atom stereocenters. The van der Waals surface area contributed by atoms with Gasteiger partial charge in [-0.2, -0.15) is 0 Å². The molecule has 0 aliphatic heterocycles. The minimum Gasteiger partial charge on any atom is -0.319 e. The Balaban J connectivity index is 2.20. The van der Waals surface area contributed by atoms with Gasteiger partial charge >= 0.3 is 0 Å². The molecule has 0 aliphatic carbocycles. The van der Waals surface area contributed by atoms with Crippen molar-refractivity contribution in [1.82, 2.24) is 4.98 Å². The second-order valence-corrected chi connectivity index (χ2v) is 4.63. The number of carbonyl (C=O) groups excluding carboxylic acids is 1. The summed E-state index contributed by atoms with van der Waals surface area (Å²) in [6, 6.07) is 4.78. The lowest BCUT2D eigenvalue weighted by Crippen LogP contribution is -2.14. The van der Waals surface area contributed by atoms with E-state index in [4.69, 9.17) is 5.84 Å². The van der Waals surface area contributed by atoms with E-state index in [0.717, 1.165) is 6.07 Å². The first-order valence-electron chi connectivity index (χ1n) is 5.40. The zero-order chi connectivity index (χ0) is 14.7. The summed E-state index contributed by atoms with van der Waals surface area (Å²) in [5.41, 5.74) is 2.39. The molecule has 8 heteroatoms. The van der Waals surface area contributed by atoms with E-state index in [-0.39, 0.29) is 15.7 Å². The van der Waals surface area contributed by atoms with E-state index in [1.165, 1.54) is 18.3 Å². The highest BCUT2D eigenvalue weighted by atomic mass is 79.9. The van der Waals surface area contributed by atoms with E-state index in [1.54, 1.807) is 0 Å². The van der Waals surface area contributed by atoms with Gasteiger partial charge in [0.05, 0.1) is 15.7 Å². The van der Waals surface area contributed by atoms with Crippen LogP contribution in [0.4, 0.5) is 20.3 Å². The van der Waals surface area contributed by atoms with E-state index in [0.29, 0.717) is 11.9 Å². The summed E-state index contributed by atoms with van der Waals surface area (Å²) in [6.07, 6.45) is 1.28. The molecule has 0 aliphatic rings. The van der Waals surface area contributed by atoms with Crippen molar-refractivity contribution in [3.05, 3.63) is 52.1 Å². The number of nitrogen functional groups attached to an aromatic ring is 1. The number of aromatic nitrogens is 1. The van der Waals surface area contributed by atoms with Gasteiger partial charge in [-0.1, -0.05) is 0 Å². The van der Waals surface area contributed by atoms with E-state index in [2.05, 4.69) is 31.7 Å². The van der Waals surface area contributed by atoms with Gasteiger partial charge < -0.3 is 10.7 Å². The van der Waals surface area contributed by atoms with Gasteiger partial charge in [0, 0.05) is 12.3 Å². The standard InChI is InChI=1S/C12H9BrF2N4O/c13-7-3-10(9(15)4-8(7)14)18-12(20)6-1-2-11(19-16)17-5-6/h1-5H,16H2,(H,17,19)(H,18,20). The smallest absolute Gasteiger partial charge is 0.257 e. The van der Waals surface area contributed by atoms with Gasteiger partial charge in [0.1, 0.15) is 17.5 Å². The maximum Gasteiger partial charge on any atom is 0.257 e. The second kappa shape index (κ2) is 5.93. The molecule has 2 rings (SSSR count). The Hall–Kier alpha value is -2.06. The molecule has 1 amide bonds. The van der Waals surface area contributed by atoms with E-state index < -0.39 is 17.5 Å². The van der Waals surface area contributed by atoms with Gasteiger partial charge in [0.15, 0.2) is 0 Å². The van der Waals surface area contributed by atoms with Gasteiger partial charge in [-0.25, -0.2) is 19.6 Å². The summed E-state index contributed by atoms with van der Waals surface area (Å²) < 4.78 is 26.6. The Labute approximate surface area is 121 Å². The monoisotopic (exact) mass is 342 g/mol. The average Bonchev–Trinajstić information content (AvgIpc) is 2.44. The van der Waals surface area contributed by atoms with E-state index >= 15 is 0 Å². The molecule has 5 nitrogen and oxygen atoms in total. The largest absolute Gasteiger partial charge is 0.319 e. The zero-order valence-corrected chi connectivity index (χ0v) is 11.5. The molecule has 0 saturated carbocycles. The molecule has 0 bridgehead atoms. The minimum absolute atomic E-state index is 0.0509. The molecule has 0 spiro atoms. The van der Waals surface area contributed by atoms with Crippen LogP contribution in [0.25, 0.3) is 0 Å². The quantitative estimate of drug-likeness (QED) is 0.455. The topological polar surface area (TPSA) is 80.0 Å². The molecular formula is C12H9BrF2N4O. The number of nitrogens with two attached hydrogens (primary N) is 1. The minimum atomic E-state index is -0.868. The number of pyridine rings is 1. The van der Waals surface area contributed by atoms with E-state index in [9.17, 15) is 13.6 Å². The lowest BCUT2D eigenvalue weighted by molar-refractivity contribution is 0.102. The molecule has 1 heterocycles. The average molecular weight is 343 g/mol. The predicted octanol–water partition coefficient (Wildman–Crippen LogP) is 2.66. The van der Waals surface area contributed by atoms with Crippen molar-refractivity contribution in [3.8, 4) is 0 Å². The number of anilines is 2. The second-order valence-electron chi connectivity index (χ2n) is 3.78. The third kappa shape index (κ3) is 3.09. The first kappa shape index (κ1) is 14.4. The fraction of sp³-hybridized carbons (Fsp3) is 0. The molecule has 1 aromatic heterocycles. The van der Waals surface area contributed by atoms with Crippen LogP contribution in [-0.4, -0.2) is 10.9 Å². The summed E-state index contributed by atoms with van der Waals surface area (Å²) in [5, 5.41) is 2.33. The molecule has 2 aromatic rings. The van der Waals surface area contributed by atoms with Crippen molar-refractivity contribution < 1.29 is 13.6 Å². The summed E-state index contributed by atoms with van der Waals surface area (Å²) in [4.78, 5) is 15.7. The van der Waals surface area contributed by atoms with E-state index in [1.807, 2.05) is 0 Å². The third-order valence-corrected chi connectivity index (χ3v) is 3.04. The number of benzene rings is 1. The number of halogens is 3. The van der Waals surface area contributed by atoms with Crippen LogP contribution in [0.15, 0.2) is 34.9 Å². The van der Waals surface area contributed by atoms with Crippen LogP contribution in [0.2, 0.25) is 0 Å². The lowest BCUT2D eigenvalue weighted by Gasteiger charge is -2.08. The summed E-state index contributed by atoms with van der Waals surface area (Å²) in [6.45, 7) is 0. The highest BCUT2D eigenvalue weighted by Gasteiger charge is 2.12. The maximum atomic E-state index is 13.5. The third-order valence-electron chi connectivity index (χ3n) is 2.43. The molecule has 104 valence electrons. The summed E-state index contributed by atoms with van der Waals surface area (Å²) >= 11 is 2.92. The highest BCUT2D eigenvalue weighted by molar-refractivity contribution is 9.10. The Bertz CT molecular complexity index is 649. The summed E-state index contributed by atoms with van der Waals surface area (Å²) in [5.74, 6) is 3.34. The number of hydrazine groups is 1. The van der Waals surface area contributed by atoms with Crippen LogP contribution in [0, 0.1) is 11.6 Å². The molecule has 0 fully saturated rings. The Morgan fingerprint density at radius 3 is 2.60 bits per heavy atom. The number of carbonyl (C=O) groups is 1. The molecule has 4 N–H and O–H groups in total. The fourth-order valence-electron chi connectivity index (χ4n) is 1.43. The van der Waals surface area contributed by atoms with Crippen molar-refractivity contribution in [2.45, 2.75) is 0 Å². The number of nitrogens with one attached hydrogen (secondary N) is 2. The molecular weight excluding hydrogens is 334 g/mol. The van der Waals surface area contributed by atoms with Crippen LogP contribution in [0.5, 0.6) is 0 Å². The first-order valence-corrected chi connectivity index (χ1v) is 6.19. The molecule has 0 unspecified atom stereocenters. The Morgan fingerprint density at radius 1 is 1.25 bits per heavy atom. The SMILES string of the molecule is NNc1ccc(C(=O)Nc2cc(Br)c(F)cc2F)cn1. The molecule has 0 saturated heterocycles. The maximum absolute atomic E-state index is 13.5.